The van der Waals surface area contributed by atoms with Gasteiger partial charge in [0.25, 0.3) is 5.91 Å². The van der Waals surface area contributed by atoms with Crippen molar-refractivity contribution in [1.82, 2.24) is 15.0 Å². The van der Waals surface area contributed by atoms with Crippen molar-refractivity contribution in [1.29, 1.82) is 0 Å². The van der Waals surface area contributed by atoms with E-state index < -0.39 is 0 Å². The highest BCUT2D eigenvalue weighted by Gasteiger charge is 2.18. The third-order valence-corrected chi connectivity index (χ3v) is 2.96. The first-order valence-corrected chi connectivity index (χ1v) is 6.60. The molecule has 2 aromatic rings. The third kappa shape index (κ3) is 3.51. The van der Waals surface area contributed by atoms with E-state index in [0.717, 1.165) is 6.42 Å². The van der Waals surface area contributed by atoms with Gasteiger partial charge in [0, 0.05) is 31.1 Å². The molecule has 7 nitrogen and oxygen atoms in total. The van der Waals surface area contributed by atoms with Crippen molar-refractivity contribution < 1.29 is 14.3 Å². The summed E-state index contributed by atoms with van der Waals surface area (Å²) in [5.74, 6) is 0.424. The van der Waals surface area contributed by atoms with Crippen LogP contribution in [0.1, 0.15) is 16.8 Å². The molecule has 1 unspecified atom stereocenters. The molecule has 0 saturated carbocycles. The monoisotopic (exact) mass is 286 g/mol. The van der Waals surface area contributed by atoms with Crippen molar-refractivity contribution >= 4 is 11.9 Å². The van der Waals surface area contributed by atoms with E-state index in [2.05, 4.69) is 20.3 Å². The summed E-state index contributed by atoms with van der Waals surface area (Å²) >= 11 is 0. The summed E-state index contributed by atoms with van der Waals surface area (Å²) in [5.41, 5.74) is 0.414. The predicted molar refractivity (Wildman–Crippen MR) is 74.1 cm³/mol. The molecule has 3 heterocycles. The maximum atomic E-state index is 12.0. The van der Waals surface area contributed by atoms with Crippen LogP contribution in [0, 0.1) is 0 Å². The quantitative estimate of drug-likeness (QED) is 0.911. The van der Waals surface area contributed by atoms with E-state index in [1.54, 1.807) is 30.6 Å². The largest absolute Gasteiger partial charge is 0.472 e. The fourth-order valence-electron chi connectivity index (χ4n) is 1.90. The van der Waals surface area contributed by atoms with Crippen LogP contribution in [-0.2, 0) is 4.74 Å². The summed E-state index contributed by atoms with van der Waals surface area (Å²) in [4.78, 5) is 24.0. The van der Waals surface area contributed by atoms with Gasteiger partial charge in [0.05, 0.1) is 18.8 Å². The maximum absolute atomic E-state index is 12.0. The van der Waals surface area contributed by atoms with E-state index in [9.17, 15) is 4.79 Å². The second kappa shape index (κ2) is 6.27. The van der Waals surface area contributed by atoms with E-state index in [-0.39, 0.29) is 18.0 Å². The second-order valence-electron chi connectivity index (χ2n) is 4.52. The van der Waals surface area contributed by atoms with Crippen molar-refractivity contribution in [3.05, 3.63) is 42.4 Å². The lowest BCUT2D eigenvalue weighted by atomic mass is 10.2. The molecule has 1 N–H and O–H groups in total. The van der Waals surface area contributed by atoms with Gasteiger partial charge in [-0.05, 0) is 12.1 Å². The fourth-order valence-corrected chi connectivity index (χ4v) is 1.90. The Hall–Kier alpha value is -2.54. The lowest BCUT2D eigenvalue weighted by Gasteiger charge is -2.10. The van der Waals surface area contributed by atoms with E-state index in [4.69, 9.17) is 9.47 Å². The number of carbonyl (C=O) groups excluding carboxylic acids is 1. The minimum atomic E-state index is -0.315. The SMILES string of the molecule is O=C(Nc1ncccn1)c1ccc(OC2CCOC2)nc1. The molecule has 21 heavy (non-hydrogen) atoms. The number of anilines is 1. The minimum Gasteiger partial charge on any atom is -0.472 e. The average Bonchev–Trinajstić information content (AvgIpc) is 3.02. The van der Waals surface area contributed by atoms with Crippen LogP contribution in [0.5, 0.6) is 5.88 Å². The zero-order chi connectivity index (χ0) is 14.5. The van der Waals surface area contributed by atoms with E-state index in [0.29, 0.717) is 24.7 Å². The number of carbonyl (C=O) groups is 1. The van der Waals surface area contributed by atoms with E-state index >= 15 is 0 Å². The van der Waals surface area contributed by atoms with Crippen LogP contribution in [0.15, 0.2) is 36.8 Å². The average molecular weight is 286 g/mol. The van der Waals surface area contributed by atoms with Gasteiger partial charge in [-0.2, -0.15) is 0 Å². The molecule has 7 heteroatoms. The molecule has 2 aromatic heterocycles. The van der Waals surface area contributed by atoms with Gasteiger partial charge in [0.1, 0.15) is 6.10 Å². The van der Waals surface area contributed by atoms with Gasteiger partial charge >= 0.3 is 0 Å². The molecule has 3 rings (SSSR count). The Morgan fingerprint density at radius 1 is 1.29 bits per heavy atom. The summed E-state index contributed by atoms with van der Waals surface area (Å²) in [6, 6.07) is 4.99. The number of hydrogen-bond donors (Lipinski definition) is 1. The van der Waals surface area contributed by atoms with Crippen LogP contribution < -0.4 is 10.1 Å². The van der Waals surface area contributed by atoms with Gasteiger partial charge in [-0.1, -0.05) is 0 Å². The Balaban J connectivity index is 1.62. The molecule has 1 amide bonds. The minimum absolute atomic E-state index is 0.0369. The van der Waals surface area contributed by atoms with Gasteiger partial charge in [-0.15, -0.1) is 0 Å². The molecule has 0 aliphatic carbocycles. The smallest absolute Gasteiger partial charge is 0.259 e. The van der Waals surface area contributed by atoms with Crippen LogP contribution in [0.3, 0.4) is 0 Å². The fraction of sp³-hybridized carbons (Fsp3) is 0.286. The Kier molecular flexibility index (Phi) is 4.02. The zero-order valence-electron chi connectivity index (χ0n) is 11.2. The molecule has 108 valence electrons. The summed E-state index contributed by atoms with van der Waals surface area (Å²) in [6.45, 7) is 1.29. The number of pyridine rings is 1. The summed E-state index contributed by atoms with van der Waals surface area (Å²) in [5, 5.41) is 2.59. The van der Waals surface area contributed by atoms with Crippen LogP contribution in [0.4, 0.5) is 5.95 Å². The van der Waals surface area contributed by atoms with Gasteiger partial charge in [-0.25, -0.2) is 15.0 Å². The number of nitrogens with one attached hydrogen (secondary N) is 1. The van der Waals surface area contributed by atoms with Gasteiger partial charge in [0.2, 0.25) is 11.8 Å². The summed E-state index contributed by atoms with van der Waals surface area (Å²) in [6.07, 6.45) is 5.47. The molecule has 1 fully saturated rings. The highest BCUT2D eigenvalue weighted by molar-refractivity contribution is 6.03. The molecule has 1 atom stereocenters. The number of nitrogens with zero attached hydrogens (tertiary/aromatic N) is 3. The Labute approximate surface area is 121 Å². The highest BCUT2D eigenvalue weighted by Crippen LogP contribution is 2.15. The Bertz CT molecular complexity index is 597. The maximum Gasteiger partial charge on any atom is 0.259 e. The van der Waals surface area contributed by atoms with Crippen molar-refractivity contribution in [3.8, 4) is 5.88 Å². The molecular formula is C14H14N4O3. The van der Waals surface area contributed by atoms with Crippen LogP contribution >= 0.6 is 0 Å². The number of rotatable bonds is 4. The van der Waals surface area contributed by atoms with Crippen molar-refractivity contribution in [3.63, 3.8) is 0 Å². The molecule has 0 spiro atoms. The number of aromatic nitrogens is 3. The number of hydrogen-bond acceptors (Lipinski definition) is 6. The topological polar surface area (TPSA) is 86.2 Å². The molecule has 0 aromatic carbocycles. The zero-order valence-corrected chi connectivity index (χ0v) is 11.2. The highest BCUT2D eigenvalue weighted by atomic mass is 16.5. The first-order chi connectivity index (χ1) is 10.3. The van der Waals surface area contributed by atoms with E-state index in [1.165, 1.54) is 6.20 Å². The molecule has 0 radical (unpaired) electrons. The molecular weight excluding hydrogens is 272 g/mol. The third-order valence-electron chi connectivity index (χ3n) is 2.96. The Morgan fingerprint density at radius 3 is 2.81 bits per heavy atom. The first kappa shape index (κ1) is 13.4. The lowest BCUT2D eigenvalue weighted by molar-refractivity contribution is 0.102. The lowest BCUT2D eigenvalue weighted by Crippen LogP contribution is -2.17. The molecule has 1 saturated heterocycles. The van der Waals surface area contributed by atoms with Crippen LogP contribution in [0.2, 0.25) is 0 Å². The van der Waals surface area contributed by atoms with Gasteiger partial charge in [-0.3, -0.25) is 10.1 Å². The van der Waals surface area contributed by atoms with Crippen molar-refractivity contribution in [2.45, 2.75) is 12.5 Å². The molecule has 1 aliphatic rings. The first-order valence-electron chi connectivity index (χ1n) is 6.60. The Morgan fingerprint density at radius 2 is 2.14 bits per heavy atom. The van der Waals surface area contributed by atoms with Crippen LogP contribution in [0.25, 0.3) is 0 Å². The van der Waals surface area contributed by atoms with E-state index in [1.807, 2.05) is 0 Å². The number of amides is 1. The number of ether oxygens (including phenoxy) is 2. The predicted octanol–water partition coefficient (Wildman–Crippen LogP) is 1.29. The molecule has 0 bridgehead atoms. The van der Waals surface area contributed by atoms with Gasteiger partial charge < -0.3 is 9.47 Å². The van der Waals surface area contributed by atoms with Crippen LogP contribution in [-0.4, -0.2) is 40.2 Å². The summed E-state index contributed by atoms with van der Waals surface area (Å²) in [7, 11) is 0. The van der Waals surface area contributed by atoms with Crippen molar-refractivity contribution in [2.24, 2.45) is 0 Å². The summed E-state index contributed by atoms with van der Waals surface area (Å²) < 4.78 is 10.9. The standard InChI is InChI=1S/C14H14N4O3/c19-13(18-14-15-5-1-6-16-14)10-2-3-12(17-8-10)21-11-4-7-20-9-11/h1-3,5-6,8,11H,4,7,9H2,(H,15,16,18,19). The normalized spacial score (nSPS) is 17.4. The molecule has 1 aliphatic heterocycles. The second-order valence-corrected chi connectivity index (χ2v) is 4.52. The van der Waals surface area contributed by atoms with Gasteiger partial charge in [0.15, 0.2) is 0 Å². The van der Waals surface area contributed by atoms with Crippen molar-refractivity contribution in [2.75, 3.05) is 18.5 Å².